The average molecular weight is 319 g/mol. The third-order valence-corrected chi connectivity index (χ3v) is 4.05. The van der Waals surface area contributed by atoms with Gasteiger partial charge in [-0.15, -0.1) is 0 Å². The molecule has 0 spiro atoms. The predicted octanol–water partition coefficient (Wildman–Crippen LogP) is 3.85. The van der Waals surface area contributed by atoms with Crippen LogP contribution in [0.3, 0.4) is 0 Å². The lowest BCUT2D eigenvalue weighted by Gasteiger charge is -2.34. The maximum Gasteiger partial charge on any atom is 0.0748 e. The van der Waals surface area contributed by atoms with Crippen LogP contribution in [0.4, 0.5) is 5.69 Å². The van der Waals surface area contributed by atoms with E-state index in [9.17, 15) is 0 Å². The molecule has 1 heterocycles. The topological polar surface area (TPSA) is 12.5 Å². The van der Waals surface area contributed by atoms with Gasteiger partial charge in [-0.25, -0.2) is 0 Å². The van der Waals surface area contributed by atoms with Crippen LogP contribution in [0.2, 0.25) is 5.02 Å². The van der Waals surface area contributed by atoms with Gasteiger partial charge in [-0.2, -0.15) is 0 Å². The van der Waals surface area contributed by atoms with E-state index < -0.39 is 0 Å². The summed E-state index contributed by atoms with van der Waals surface area (Å²) in [6.07, 6.45) is 1.38. The van der Waals surface area contributed by atoms with Crippen molar-refractivity contribution in [2.24, 2.45) is 0 Å². The number of hydrogen-bond donors (Lipinski definition) is 0. The molecular formula is C13H17BrClNO. The molecule has 0 amide bonds. The van der Waals surface area contributed by atoms with E-state index in [1.54, 1.807) is 0 Å². The van der Waals surface area contributed by atoms with Gasteiger partial charge in [0.2, 0.25) is 0 Å². The van der Waals surface area contributed by atoms with Crippen molar-refractivity contribution in [1.82, 2.24) is 0 Å². The Morgan fingerprint density at radius 3 is 3.00 bits per heavy atom. The lowest BCUT2D eigenvalue weighted by Crippen LogP contribution is -2.42. The Morgan fingerprint density at radius 2 is 2.35 bits per heavy atom. The molecule has 2 rings (SSSR count). The summed E-state index contributed by atoms with van der Waals surface area (Å²) in [6.45, 7) is 4.80. The van der Waals surface area contributed by atoms with E-state index in [1.165, 1.54) is 5.56 Å². The highest BCUT2D eigenvalue weighted by atomic mass is 79.9. The molecule has 1 aliphatic rings. The van der Waals surface area contributed by atoms with Gasteiger partial charge in [0.15, 0.2) is 0 Å². The smallest absolute Gasteiger partial charge is 0.0748 e. The van der Waals surface area contributed by atoms with Gasteiger partial charge in [-0.3, -0.25) is 0 Å². The summed E-state index contributed by atoms with van der Waals surface area (Å²) in [7, 11) is 0. The van der Waals surface area contributed by atoms with Crippen LogP contribution in [0.1, 0.15) is 18.9 Å². The molecule has 4 heteroatoms. The van der Waals surface area contributed by atoms with E-state index in [4.69, 9.17) is 16.3 Å². The van der Waals surface area contributed by atoms with Gasteiger partial charge in [-0.05, 0) is 24.1 Å². The van der Waals surface area contributed by atoms with Crippen LogP contribution in [-0.2, 0) is 10.1 Å². The molecule has 1 unspecified atom stereocenters. The summed E-state index contributed by atoms with van der Waals surface area (Å²) in [4.78, 5) is 2.32. The highest BCUT2D eigenvalue weighted by Crippen LogP contribution is 2.29. The Morgan fingerprint density at radius 1 is 1.53 bits per heavy atom. The average Bonchev–Trinajstić information content (AvgIpc) is 2.38. The third kappa shape index (κ3) is 3.15. The van der Waals surface area contributed by atoms with Crippen LogP contribution in [0.5, 0.6) is 0 Å². The third-order valence-electron chi connectivity index (χ3n) is 3.10. The second-order valence-corrected chi connectivity index (χ2v) is 5.23. The molecule has 0 N–H and O–H groups in total. The Labute approximate surface area is 116 Å². The fourth-order valence-electron chi connectivity index (χ4n) is 2.08. The minimum absolute atomic E-state index is 0.329. The lowest BCUT2D eigenvalue weighted by molar-refractivity contribution is 0.0384. The van der Waals surface area contributed by atoms with Gasteiger partial charge in [0.05, 0.1) is 23.4 Å². The number of morpholine rings is 1. The molecule has 0 bridgehead atoms. The number of halogens is 2. The van der Waals surface area contributed by atoms with Crippen molar-refractivity contribution < 1.29 is 4.74 Å². The summed E-state index contributed by atoms with van der Waals surface area (Å²) in [6, 6.07) is 6.26. The molecule has 1 aromatic carbocycles. The number of benzene rings is 1. The first-order valence-corrected chi connectivity index (χ1v) is 7.45. The van der Waals surface area contributed by atoms with Crippen molar-refractivity contribution in [2.45, 2.75) is 24.8 Å². The molecule has 0 aliphatic carbocycles. The van der Waals surface area contributed by atoms with E-state index in [0.717, 1.165) is 42.2 Å². The monoisotopic (exact) mass is 317 g/mol. The minimum Gasteiger partial charge on any atom is -0.375 e. The van der Waals surface area contributed by atoms with Crippen molar-refractivity contribution in [3.63, 3.8) is 0 Å². The highest BCUT2D eigenvalue weighted by Gasteiger charge is 2.20. The molecule has 0 aromatic heterocycles. The molecular weight excluding hydrogens is 302 g/mol. The van der Waals surface area contributed by atoms with Crippen LogP contribution in [0.25, 0.3) is 0 Å². The van der Waals surface area contributed by atoms with E-state index in [2.05, 4.69) is 39.9 Å². The Bertz CT molecular complexity index is 386. The number of nitrogens with zero attached hydrogens (tertiary/aromatic N) is 1. The Kier molecular flexibility index (Phi) is 4.71. The molecule has 0 radical (unpaired) electrons. The van der Waals surface area contributed by atoms with Crippen molar-refractivity contribution in [3.05, 3.63) is 28.8 Å². The van der Waals surface area contributed by atoms with E-state index in [-0.39, 0.29) is 0 Å². The van der Waals surface area contributed by atoms with Crippen molar-refractivity contribution in [3.8, 4) is 0 Å². The largest absolute Gasteiger partial charge is 0.375 e. The zero-order valence-electron chi connectivity index (χ0n) is 9.96. The molecule has 0 saturated carbocycles. The first-order chi connectivity index (χ1) is 8.24. The van der Waals surface area contributed by atoms with Crippen molar-refractivity contribution >= 4 is 33.2 Å². The highest BCUT2D eigenvalue weighted by molar-refractivity contribution is 9.08. The van der Waals surface area contributed by atoms with Crippen LogP contribution in [0.15, 0.2) is 18.2 Å². The van der Waals surface area contributed by atoms with Gasteiger partial charge in [-0.1, -0.05) is 40.5 Å². The summed E-state index contributed by atoms with van der Waals surface area (Å²) >= 11 is 9.77. The maximum atomic E-state index is 6.33. The zero-order chi connectivity index (χ0) is 12.3. The lowest BCUT2D eigenvalue weighted by atomic mass is 10.1. The molecule has 1 aromatic rings. The standard InChI is InChI=1S/C13H17BrClNO/c1-2-11-9-16(5-6-17-11)13-4-3-10(8-14)7-12(13)15/h3-4,7,11H,2,5-6,8-9H2,1H3. The molecule has 17 heavy (non-hydrogen) atoms. The minimum atomic E-state index is 0.329. The predicted molar refractivity (Wildman–Crippen MR) is 76.3 cm³/mol. The summed E-state index contributed by atoms with van der Waals surface area (Å²) in [5, 5.41) is 1.67. The van der Waals surface area contributed by atoms with E-state index in [0.29, 0.717) is 6.10 Å². The van der Waals surface area contributed by atoms with Crippen molar-refractivity contribution in [1.29, 1.82) is 0 Å². The van der Waals surface area contributed by atoms with Gasteiger partial charge >= 0.3 is 0 Å². The number of ether oxygens (including phenoxy) is 1. The van der Waals surface area contributed by atoms with Crippen LogP contribution in [0, 0.1) is 0 Å². The Balaban J connectivity index is 2.16. The summed E-state index contributed by atoms with van der Waals surface area (Å²) < 4.78 is 5.67. The van der Waals surface area contributed by atoms with Crippen LogP contribution in [-0.4, -0.2) is 25.8 Å². The second-order valence-electron chi connectivity index (χ2n) is 4.27. The maximum absolute atomic E-state index is 6.33. The molecule has 1 aliphatic heterocycles. The van der Waals surface area contributed by atoms with Crippen LogP contribution >= 0.6 is 27.5 Å². The second kappa shape index (κ2) is 6.07. The van der Waals surface area contributed by atoms with Gasteiger partial charge < -0.3 is 9.64 Å². The van der Waals surface area contributed by atoms with E-state index in [1.807, 2.05) is 6.07 Å². The van der Waals surface area contributed by atoms with Crippen molar-refractivity contribution in [2.75, 3.05) is 24.6 Å². The molecule has 2 nitrogen and oxygen atoms in total. The Hall–Kier alpha value is -0.250. The van der Waals surface area contributed by atoms with Gasteiger partial charge in [0.25, 0.3) is 0 Å². The number of anilines is 1. The molecule has 1 fully saturated rings. The fourth-order valence-corrected chi connectivity index (χ4v) is 2.75. The number of rotatable bonds is 3. The van der Waals surface area contributed by atoms with Gasteiger partial charge in [0.1, 0.15) is 0 Å². The van der Waals surface area contributed by atoms with E-state index >= 15 is 0 Å². The van der Waals surface area contributed by atoms with Gasteiger partial charge in [0, 0.05) is 18.4 Å². The number of hydrogen-bond acceptors (Lipinski definition) is 2. The fraction of sp³-hybridized carbons (Fsp3) is 0.538. The SMILES string of the molecule is CCC1CN(c2ccc(CBr)cc2Cl)CCO1. The van der Waals surface area contributed by atoms with Crippen LogP contribution < -0.4 is 4.90 Å². The number of alkyl halides is 1. The molecule has 1 atom stereocenters. The molecule has 94 valence electrons. The summed E-state index contributed by atoms with van der Waals surface area (Å²) in [5.74, 6) is 0. The first kappa shape index (κ1) is 13.2. The zero-order valence-corrected chi connectivity index (χ0v) is 12.3. The summed E-state index contributed by atoms with van der Waals surface area (Å²) in [5.41, 5.74) is 2.33. The quantitative estimate of drug-likeness (QED) is 0.785. The normalized spacial score (nSPS) is 20.6. The molecule has 1 saturated heterocycles. The first-order valence-electron chi connectivity index (χ1n) is 5.95.